The molecular weight excluding hydrogens is 208 g/mol. The lowest BCUT2D eigenvalue weighted by atomic mass is 9.99. The molecule has 0 spiro atoms. The molecule has 2 heteroatoms. The van der Waals surface area contributed by atoms with Gasteiger partial charge in [0.1, 0.15) is 0 Å². The van der Waals surface area contributed by atoms with Gasteiger partial charge >= 0.3 is 0 Å². The summed E-state index contributed by atoms with van der Waals surface area (Å²) in [4.78, 5) is 2.65. The number of nitrogens with zero attached hydrogens (tertiary/aromatic N) is 1. The molecule has 1 saturated heterocycles. The second kappa shape index (κ2) is 6.18. The molecule has 1 unspecified atom stereocenters. The summed E-state index contributed by atoms with van der Waals surface area (Å²) in [7, 11) is 0. The highest BCUT2D eigenvalue weighted by Crippen LogP contribution is 2.25. The maximum absolute atomic E-state index is 3.45. The molecule has 0 aromatic heterocycles. The third-order valence-electron chi connectivity index (χ3n) is 3.92. The van der Waals surface area contributed by atoms with Crippen molar-refractivity contribution in [3.8, 4) is 0 Å². The largest absolute Gasteiger partial charge is 0.317 e. The summed E-state index contributed by atoms with van der Waals surface area (Å²) in [6.07, 6.45) is 2.57. The van der Waals surface area contributed by atoms with E-state index < -0.39 is 0 Å². The van der Waals surface area contributed by atoms with Crippen LogP contribution in [-0.4, -0.2) is 30.6 Å². The Hall–Kier alpha value is -0.860. The average Bonchev–Trinajstić information content (AvgIpc) is 2.42. The zero-order chi connectivity index (χ0) is 12.1. The summed E-state index contributed by atoms with van der Waals surface area (Å²) >= 11 is 0. The molecule has 0 amide bonds. The molecule has 17 heavy (non-hydrogen) atoms. The maximum atomic E-state index is 3.45. The zero-order valence-corrected chi connectivity index (χ0v) is 11.0. The number of piperidine rings is 1. The minimum atomic E-state index is 0.532. The Kier molecular flexibility index (Phi) is 4.57. The van der Waals surface area contributed by atoms with E-state index in [1.54, 1.807) is 0 Å². The number of rotatable bonds is 4. The van der Waals surface area contributed by atoms with Gasteiger partial charge in [-0.15, -0.1) is 0 Å². The molecule has 1 aromatic rings. The molecule has 0 saturated carbocycles. The van der Waals surface area contributed by atoms with E-state index in [1.165, 1.54) is 31.5 Å². The van der Waals surface area contributed by atoms with Crippen molar-refractivity contribution >= 4 is 0 Å². The van der Waals surface area contributed by atoms with Gasteiger partial charge in [0.15, 0.2) is 0 Å². The van der Waals surface area contributed by atoms with Crippen molar-refractivity contribution in [2.45, 2.75) is 38.8 Å². The molecule has 1 aromatic carbocycles. The van der Waals surface area contributed by atoms with Crippen LogP contribution in [0.4, 0.5) is 0 Å². The van der Waals surface area contributed by atoms with Crippen molar-refractivity contribution in [1.29, 1.82) is 0 Å². The van der Waals surface area contributed by atoms with Crippen LogP contribution < -0.4 is 5.32 Å². The standard InChI is InChI=1S/C15H24N2/c1-3-17(15-9-11-16-12-10-15)13(2)14-7-5-4-6-8-14/h4-8,13,15-16H,3,9-12H2,1-2H3. The van der Waals surface area contributed by atoms with E-state index in [0.717, 1.165) is 12.6 Å². The van der Waals surface area contributed by atoms with Crippen molar-refractivity contribution < 1.29 is 0 Å². The van der Waals surface area contributed by atoms with Gasteiger partial charge in [-0.2, -0.15) is 0 Å². The molecule has 1 heterocycles. The van der Waals surface area contributed by atoms with Gasteiger partial charge in [0.05, 0.1) is 0 Å². The van der Waals surface area contributed by atoms with Crippen LogP contribution in [-0.2, 0) is 0 Å². The highest BCUT2D eigenvalue weighted by molar-refractivity contribution is 5.18. The molecular formula is C15H24N2. The van der Waals surface area contributed by atoms with E-state index in [2.05, 4.69) is 54.4 Å². The summed E-state index contributed by atoms with van der Waals surface area (Å²) in [5.74, 6) is 0. The van der Waals surface area contributed by atoms with E-state index in [-0.39, 0.29) is 0 Å². The van der Waals surface area contributed by atoms with Crippen LogP contribution in [0, 0.1) is 0 Å². The number of benzene rings is 1. The highest BCUT2D eigenvalue weighted by Gasteiger charge is 2.24. The fourth-order valence-electron chi connectivity index (χ4n) is 2.91. The fourth-order valence-corrected chi connectivity index (χ4v) is 2.91. The van der Waals surface area contributed by atoms with E-state index in [9.17, 15) is 0 Å². The third-order valence-corrected chi connectivity index (χ3v) is 3.92. The molecule has 0 aliphatic carbocycles. The molecule has 1 N–H and O–H groups in total. The summed E-state index contributed by atoms with van der Waals surface area (Å²) in [6, 6.07) is 12.1. The monoisotopic (exact) mass is 232 g/mol. The maximum Gasteiger partial charge on any atom is 0.0322 e. The van der Waals surface area contributed by atoms with Gasteiger partial charge in [0.2, 0.25) is 0 Å². The lowest BCUT2D eigenvalue weighted by Gasteiger charge is -2.38. The topological polar surface area (TPSA) is 15.3 Å². The first-order valence-electron chi connectivity index (χ1n) is 6.84. The number of hydrogen-bond acceptors (Lipinski definition) is 2. The van der Waals surface area contributed by atoms with Crippen LogP contribution in [0.3, 0.4) is 0 Å². The van der Waals surface area contributed by atoms with Gasteiger partial charge in [-0.1, -0.05) is 37.3 Å². The molecule has 1 aliphatic rings. The lowest BCUT2D eigenvalue weighted by Crippen LogP contribution is -2.44. The normalized spacial score (nSPS) is 19.5. The van der Waals surface area contributed by atoms with Gasteiger partial charge in [-0.25, -0.2) is 0 Å². The third kappa shape index (κ3) is 3.08. The Morgan fingerprint density at radius 1 is 1.24 bits per heavy atom. The predicted octanol–water partition coefficient (Wildman–Crippen LogP) is 2.82. The van der Waals surface area contributed by atoms with Crippen molar-refractivity contribution in [1.82, 2.24) is 10.2 Å². The van der Waals surface area contributed by atoms with E-state index >= 15 is 0 Å². The van der Waals surface area contributed by atoms with Crippen molar-refractivity contribution in [2.24, 2.45) is 0 Å². The second-order valence-corrected chi connectivity index (χ2v) is 4.90. The van der Waals surface area contributed by atoms with E-state index in [1.807, 2.05) is 0 Å². The number of hydrogen-bond donors (Lipinski definition) is 1. The quantitative estimate of drug-likeness (QED) is 0.858. The lowest BCUT2D eigenvalue weighted by molar-refractivity contribution is 0.124. The van der Waals surface area contributed by atoms with Crippen LogP contribution in [0.1, 0.15) is 38.3 Å². The van der Waals surface area contributed by atoms with Crippen LogP contribution in [0.5, 0.6) is 0 Å². The molecule has 1 atom stereocenters. The smallest absolute Gasteiger partial charge is 0.0322 e. The van der Waals surface area contributed by atoms with E-state index in [4.69, 9.17) is 0 Å². The van der Waals surface area contributed by atoms with Gasteiger partial charge in [0, 0.05) is 12.1 Å². The fraction of sp³-hybridized carbons (Fsp3) is 0.600. The summed E-state index contributed by atoms with van der Waals surface area (Å²) < 4.78 is 0. The van der Waals surface area contributed by atoms with Crippen LogP contribution in [0.25, 0.3) is 0 Å². The van der Waals surface area contributed by atoms with Crippen LogP contribution in [0.2, 0.25) is 0 Å². The molecule has 2 rings (SSSR count). The van der Waals surface area contributed by atoms with Gasteiger partial charge in [-0.3, -0.25) is 4.90 Å². The SMILES string of the molecule is CCN(C1CCNCC1)C(C)c1ccccc1. The first-order chi connectivity index (χ1) is 8.33. The van der Waals surface area contributed by atoms with Crippen LogP contribution >= 0.6 is 0 Å². The Morgan fingerprint density at radius 2 is 1.88 bits per heavy atom. The Bertz CT molecular complexity index is 317. The molecule has 2 nitrogen and oxygen atoms in total. The molecule has 94 valence electrons. The minimum Gasteiger partial charge on any atom is -0.317 e. The summed E-state index contributed by atoms with van der Waals surface area (Å²) in [5, 5.41) is 3.45. The predicted molar refractivity (Wildman–Crippen MR) is 73.1 cm³/mol. The van der Waals surface area contributed by atoms with E-state index in [0.29, 0.717) is 6.04 Å². The minimum absolute atomic E-state index is 0.532. The molecule has 0 bridgehead atoms. The van der Waals surface area contributed by atoms with Gasteiger partial charge in [-0.05, 0) is 45.0 Å². The highest BCUT2D eigenvalue weighted by atomic mass is 15.2. The summed E-state index contributed by atoms with van der Waals surface area (Å²) in [6.45, 7) is 8.09. The second-order valence-electron chi connectivity index (χ2n) is 4.90. The van der Waals surface area contributed by atoms with Crippen molar-refractivity contribution in [3.63, 3.8) is 0 Å². The number of nitrogens with one attached hydrogen (secondary N) is 1. The summed E-state index contributed by atoms with van der Waals surface area (Å²) in [5.41, 5.74) is 1.44. The van der Waals surface area contributed by atoms with Gasteiger partial charge in [0.25, 0.3) is 0 Å². The molecule has 1 fully saturated rings. The molecule has 0 radical (unpaired) electrons. The zero-order valence-electron chi connectivity index (χ0n) is 11.0. The Morgan fingerprint density at radius 3 is 2.47 bits per heavy atom. The average molecular weight is 232 g/mol. The van der Waals surface area contributed by atoms with Crippen molar-refractivity contribution in [2.75, 3.05) is 19.6 Å². The first kappa shape index (κ1) is 12.6. The Balaban J connectivity index is 2.06. The van der Waals surface area contributed by atoms with Crippen molar-refractivity contribution in [3.05, 3.63) is 35.9 Å². The molecule has 1 aliphatic heterocycles. The van der Waals surface area contributed by atoms with Crippen LogP contribution in [0.15, 0.2) is 30.3 Å². The first-order valence-corrected chi connectivity index (χ1v) is 6.84. The van der Waals surface area contributed by atoms with Gasteiger partial charge < -0.3 is 5.32 Å². The Labute approximate surface area is 105 Å².